The van der Waals surface area contributed by atoms with Crippen molar-refractivity contribution in [3.05, 3.63) is 0 Å². The third-order valence-electron chi connectivity index (χ3n) is 2.55. The van der Waals surface area contributed by atoms with Gasteiger partial charge in [-0.2, -0.15) is 5.26 Å². The number of hydrogen-bond acceptors (Lipinski definition) is 3. The summed E-state index contributed by atoms with van der Waals surface area (Å²) in [6.07, 6.45) is 1.22. The zero-order valence-electron chi connectivity index (χ0n) is 9.91. The van der Waals surface area contributed by atoms with Crippen LogP contribution in [0.3, 0.4) is 0 Å². The van der Waals surface area contributed by atoms with E-state index in [1.165, 1.54) is 4.90 Å². The van der Waals surface area contributed by atoms with Gasteiger partial charge >= 0.3 is 0 Å². The summed E-state index contributed by atoms with van der Waals surface area (Å²) in [4.78, 5) is 24.5. The first kappa shape index (κ1) is 12.5. The van der Waals surface area contributed by atoms with E-state index in [2.05, 4.69) is 5.32 Å². The molecule has 0 radical (unpaired) electrons. The van der Waals surface area contributed by atoms with Crippen molar-refractivity contribution < 1.29 is 9.59 Å². The van der Waals surface area contributed by atoms with E-state index in [-0.39, 0.29) is 24.4 Å². The molecule has 0 spiro atoms. The van der Waals surface area contributed by atoms with Crippen molar-refractivity contribution >= 4 is 11.8 Å². The summed E-state index contributed by atoms with van der Waals surface area (Å²) in [5, 5.41) is 11.6. The molecule has 5 heteroatoms. The Kier molecular flexibility index (Phi) is 3.53. The molecule has 0 heterocycles. The third-order valence-corrected chi connectivity index (χ3v) is 2.55. The fourth-order valence-electron chi connectivity index (χ4n) is 1.52. The number of amides is 2. The number of rotatable bonds is 4. The molecule has 1 fully saturated rings. The molecule has 5 nitrogen and oxygen atoms in total. The van der Waals surface area contributed by atoms with Gasteiger partial charge in [0, 0.05) is 13.1 Å². The highest BCUT2D eigenvalue weighted by Crippen LogP contribution is 2.46. The number of hydrogen-bond donors (Lipinski definition) is 1. The zero-order valence-corrected chi connectivity index (χ0v) is 9.91. The van der Waals surface area contributed by atoms with Gasteiger partial charge in [-0.15, -0.1) is 0 Å². The predicted molar refractivity (Wildman–Crippen MR) is 58.2 cm³/mol. The monoisotopic (exact) mass is 223 g/mol. The molecule has 0 bridgehead atoms. The summed E-state index contributed by atoms with van der Waals surface area (Å²) in [5.41, 5.74) is -0.840. The first-order chi connectivity index (χ1) is 7.41. The molecule has 1 rings (SSSR count). The van der Waals surface area contributed by atoms with E-state index in [0.29, 0.717) is 12.8 Å². The van der Waals surface area contributed by atoms with Gasteiger partial charge in [-0.3, -0.25) is 9.59 Å². The van der Waals surface area contributed by atoms with Crippen LogP contribution in [0.15, 0.2) is 0 Å². The maximum atomic E-state index is 11.8. The maximum Gasteiger partial charge on any atom is 0.243 e. The number of nitriles is 1. The Morgan fingerprint density at radius 2 is 2.06 bits per heavy atom. The number of carbonyl (C=O) groups is 2. The van der Waals surface area contributed by atoms with Crippen LogP contribution in [0.1, 0.15) is 26.7 Å². The van der Waals surface area contributed by atoms with Gasteiger partial charge < -0.3 is 10.2 Å². The van der Waals surface area contributed by atoms with Crippen LogP contribution in [-0.2, 0) is 9.59 Å². The Morgan fingerprint density at radius 3 is 2.44 bits per heavy atom. The Balaban J connectivity index is 2.47. The lowest BCUT2D eigenvalue weighted by molar-refractivity contribution is -0.137. The van der Waals surface area contributed by atoms with Gasteiger partial charge in [-0.1, -0.05) is 0 Å². The molecular formula is C11H17N3O2. The van der Waals surface area contributed by atoms with Crippen LogP contribution in [-0.4, -0.2) is 36.3 Å². The Labute approximate surface area is 95.4 Å². The average Bonchev–Trinajstić information content (AvgIpc) is 2.95. The number of carbonyl (C=O) groups excluding carboxylic acids is 2. The van der Waals surface area contributed by atoms with Crippen LogP contribution < -0.4 is 5.32 Å². The largest absolute Gasteiger partial charge is 0.352 e. The number of nitrogens with zero attached hydrogens (tertiary/aromatic N) is 2. The van der Waals surface area contributed by atoms with Gasteiger partial charge in [-0.25, -0.2) is 0 Å². The second-order valence-corrected chi connectivity index (χ2v) is 4.58. The minimum atomic E-state index is -0.840. The van der Waals surface area contributed by atoms with Crippen LogP contribution >= 0.6 is 0 Å². The van der Waals surface area contributed by atoms with E-state index in [1.807, 2.05) is 19.9 Å². The summed E-state index contributed by atoms with van der Waals surface area (Å²) in [5.74, 6) is -0.437. The highest BCUT2D eigenvalue weighted by atomic mass is 16.2. The molecule has 1 N–H and O–H groups in total. The Hall–Kier alpha value is -1.57. The van der Waals surface area contributed by atoms with Crippen LogP contribution in [0.25, 0.3) is 0 Å². The molecule has 0 atom stereocenters. The van der Waals surface area contributed by atoms with Crippen LogP contribution in [0.5, 0.6) is 0 Å². The first-order valence-electron chi connectivity index (χ1n) is 5.37. The Morgan fingerprint density at radius 1 is 1.50 bits per heavy atom. The predicted octanol–water partition coefficient (Wildman–Crippen LogP) is 0.273. The van der Waals surface area contributed by atoms with E-state index in [9.17, 15) is 9.59 Å². The second kappa shape index (κ2) is 4.52. The maximum absolute atomic E-state index is 11.8. The molecule has 0 aliphatic heterocycles. The molecule has 0 saturated heterocycles. The van der Waals surface area contributed by atoms with E-state index in [0.717, 1.165) is 0 Å². The summed E-state index contributed by atoms with van der Waals surface area (Å²) in [6.45, 7) is 3.73. The highest BCUT2D eigenvalue weighted by molar-refractivity contribution is 5.91. The quantitative estimate of drug-likeness (QED) is 0.743. The van der Waals surface area contributed by atoms with Crippen LogP contribution in [0.2, 0.25) is 0 Å². The SMILES string of the molecule is CC(C)NC(=O)CN(C)C(=O)C1(C#N)CC1. The van der Waals surface area contributed by atoms with Crippen molar-refractivity contribution in [3.8, 4) is 6.07 Å². The van der Waals surface area contributed by atoms with Gasteiger partial charge in [0.05, 0.1) is 12.6 Å². The van der Waals surface area contributed by atoms with E-state index < -0.39 is 5.41 Å². The van der Waals surface area contributed by atoms with Gasteiger partial charge in [0.1, 0.15) is 5.41 Å². The normalized spacial score (nSPS) is 16.4. The average molecular weight is 223 g/mol. The molecule has 88 valence electrons. The van der Waals surface area contributed by atoms with Crippen molar-refractivity contribution in [1.29, 1.82) is 5.26 Å². The smallest absolute Gasteiger partial charge is 0.243 e. The molecule has 1 aliphatic carbocycles. The van der Waals surface area contributed by atoms with Crippen LogP contribution in [0, 0.1) is 16.7 Å². The molecule has 0 aromatic rings. The lowest BCUT2D eigenvalue weighted by Gasteiger charge is -2.19. The van der Waals surface area contributed by atoms with E-state index >= 15 is 0 Å². The van der Waals surface area contributed by atoms with Gasteiger partial charge in [0.25, 0.3) is 0 Å². The molecule has 2 amide bonds. The lowest BCUT2D eigenvalue weighted by atomic mass is 10.1. The lowest BCUT2D eigenvalue weighted by Crippen LogP contribution is -2.43. The van der Waals surface area contributed by atoms with Crippen molar-refractivity contribution in [2.24, 2.45) is 5.41 Å². The van der Waals surface area contributed by atoms with Gasteiger partial charge in [0.2, 0.25) is 11.8 Å². The highest BCUT2D eigenvalue weighted by Gasteiger charge is 2.52. The van der Waals surface area contributed by atoms with Crippen molar-refractivity contribution in [3.63, 3.8) is 0 Å². The molecule has 1 aliphatic rings. The summed E-state index contributed by atoms with van der Waals surface area (Å²) in [6, 6.07) is 2.08. The minimum Gasteiger partial charge on any atom is -0.352 e. The molecule has 0 aromatic carbocycles. The van der Waals surface area contributed by atoms with Crippen molar-refractivity contribution in [1.82, 2.24) is 10.2 Å². The van der Waals surface area contributed by atoms with Crippen LogP contribution in [0.4, 0.5) is 0 Å². The summed E-state index contributed by atoms with van der Waals surface area (Å²) >= 11 is 0. The van der Waals surface area contributed by atoms with Crippen molar-refractivity contribution in [2.45, 2.75) is 32.7 Å². The molecule has 1 saturated carbocycles. The van der Waals surface area contributed by atoms with Crippen molar-refractivity contribution in [2.75, 3.05) is 13.6 Å². The topological polar surface area (TPSA) is 73.2 Å². The first-order valence-corrected chi connectivity index (χ1v) is 5.37. The van der Waals surface area contributed by atoms with E-state index in [1.54, 1.807) is 7.05 Å². The molecule has 0 aromatic heterocycles. The second-order valence-electron chi connectivity index (χ2n) is 4.58. The molecule has 16 heavy (non-hydrogen) atoms. The third kappa shape index (κ3) is 2.72. The number of likely N-dealkylation sites (N-methyl/N-ethyl adjacent to an activating group) is 1. The van der Waals surface area contributed by atoms with Gasteiger partial charge in [0.15, 0.2) is 0 Å². The van der Waals surface area contributed by atoms with Gasteiger partial charge in [-0.05, 0) is 26.7 Å². The molecule has 0 unspecified atom stereocenters. The standard InChI is InChI=1S/C11H17N3O2/c1-8(2)13-9(15)6-14(3)10(16)11(7-12)4-5-11/h8H,4-6H2,1-3H3,(H,13,15). The van der Waals surface area contributed by atoms with E-state index in [4.69, 9.17) is 5.26 Å². The minimum absolute atomic E-state index is 0.0143. The summed E-state index contributed by atoms with van der Waals surface area (Å²) < 4.78 is 0. The Bertz CT molecular complexity index is 340. The molecular weight excluding hydrogens is 206 g/mol. The number of nitrogens with one attached hydrogen (secondary N) is 1. The summed E-state index contributed by atoms with van der Waals surface area (Å²) in [7, 11) is 1.56. The fourth-order valence-corrected chi connectivity index (χ4v) is 1.52. The fraction of sp³-hybridized carbons (Fsp3) is 0.727. The zero-order chi connectivity index (χ0) is 12.3.